The first-order chi connectivity index (χ1) is 12.0. The fourth-order valence-corrected chi connectivity index (χ4v) is 2.29. The fraction of sp³-hybridized carbons (Fsp3) is 0.0588. The van der Waals surface area contributed by atoms with E-state index in [1.165, 1.54) is 23.3 Å². The zero-order valence-electron chi connectivity index (χ0n) is 13.3. The molecule has 0 aliphatic heterocycles. The van der Waals surface area contributed by atoms with Gasteiger partial charge in [-0.05, 0) is 24.3 Å². The van der Waals surface area contributed by atoms with Crippen molar-refractivity contribution in [1.29, 1.82) is 10.7 Å². The maximum atomic E-state index is 12.3. The van der Waals surface area contributed by atoms with Gasteiger partial charge in [0.1, 0.15) is 11.8 Å². The van der Waals surface area contributed by atoms with Gasteiger partial charge in [-0.1, -0.05) is 0 Å². The highest BCUT2D eigenvalue weighted by Gasteiger charge is 2.15. The SMILES string of the molecule is Cn1nc(C(=O)Nc2ccc(N)c(C(=N)c3ccoc3)c2)cc1C#N. The average Bonchev–Trinajstić information content (AvgIpc) is 3.25. The quantitative estimate of drug-likeness (QED) is 0.496. The number of nitriles is 1. The summed E-state index contributed by atoms with van der Waals surface area (Å²) in [6.45, 7) is 0. The number of nitrogens with two attached hydrogens (primary N) is 1. The van der Waals surface area contributed by atoms with E-state index in [9.17, 15) is 4.79 Å². The summed E-state index contributed by atoms with van der Waals surface area (Å²) in [7, 11) is 1.59. The minimum Gasteiger partial charge on any atom is -0.472 e. The molecule has 0 saturated heterocycles. The van der Waals surface area contributed by atoms with Gasteiger partial charge < -0.3 is 15.5 Å². The summed E-state index contributed by atoms with van der Waals surface area (Å²) in [6.07, 6.45) is 2.92. The molecule has 2 heterocycles. The van der Waals surface area contributed by atoms with Crippen molar-refractivity contribution in [3.05, 3.63) is 65.4 Å². The molecular formula is C17H14N6O2. The fourth-order valence-electron chi connectivity index (χ4n) is 2.29. The number of furan rings is 1. The average molecular weight is 334 g/mol. The van der Waals surface area contributed by atoms with Gasteiger partial charge in [0.05, 0.1) is 18.2 Å². The predicted octanol–water partition coefficient (Wildman–Crippen LogP) is 2.14. The molecule has 3 rings (SSSR count). The number of nitrogens with zero attached hydrogens (tertiary/aromatic N) is 3. The Bertz CT molecular complexity index is 995. The summed E-state index contributed by atoms with van der Waals surface area (Å²) < 4.78 is 6.32. The van der Waals surface area contributed by atoms with Crippen molar-refractivity contribution < 1.29 is 9.21 Å². The number of anilines is 2. The molecule has 25 heavy (non-hydrogen) atoms. The van der Waals surface area contributed by atoms with Crippen LogP contribution in [0, 0.1) is 16.7 Å². The largest absolute Gasteiger partial charge is 0.472 e. The third-order valence-electron chi connectivity index (χ3n) is 3.62. The van der Waals surface area contributed by atoms with Gasteiger partial charge in [-0.2, -0.15) is 10.4 Å². The summed E-state index contributed by atoms with van der Waals surface area (Å²) in [4.78, 5) is 12.3. The molecule has 0 atom stereocenters. The molecule has 0 bridgehead atoms. The van der Waals surface area contributed by atoms with Gasteiger partial charge in [0, 0.05) is 35.6 Å². The Balaban J connectivity index is 1.86. The maximum absolute atomic E-state index is 12.3. The van der Waals surface area contributed by atoms with Gasteiger partial charge in [-0.25, -0.2) is 0 Å². The molecule has 8 nitrogen and oxygen atoms in total. The highest BCUT2D eigenvalue weighted by atomic mass is 16.3. The lowest BCUT2D eigenvalue weighted by Crippen LogP contribution is -2.14. The van der Waals surface area contributed by atoms with Crippen molar-refractivity contribution in [1.82, 2.24) is 9.78 Å². The van der Waals surface area contributed by atoms with Crippen molar-refractivity contribution in [2.75, 3.05) is 11.1 Å². The van der Waals surface area contributed by atoms with Gasteiger partial charge in [-0.3, -0.25) is 14.9 Å². The van der Waals surface area contributed by atoms with Gasteiger partial charge >= 0.3 is 0 Å². The third kappa shape index (κ3) is 3.11. The lowest BCUT2D eigenvalue weighted by molar-refractivity contribution is 0.102. The molecule has 4 N–H and O–H groups in total. The van der Waals surface area contributed by atoms with E-state index in [0.717, 1.165) is 0 Å². The smallest absolute Gasteiger partial charge is 0.276 e. The minimum absolute atomic E-state index is 0.127. The van der Waals surface area contributed by atoms with E-state index in [-0.39, 0.29) is 17.1 Å². The van der Waals surface area contributed by atoms with Crippen LogP contribution < -0.4 is 11.1 Å². The second-order valence-corrected chi connectivity index (χ2v) is 5.29. The maximum Gasteiger partial charge on any atom is 0.276 e. The summed E-state index contributed by atoms with van der Waals surface area (Å²) in [5.41, 5.74) is 8.47. The second-order valence-electron chi connectivity index (χ2n) is 5.29. The third-order valence-corrected chi connectivity index (χ3v) is 3.62. The van der Waals surface area contributed by atoms with E-state index < -0.39 is 5.91 Å². The summed E-state index contributed by atoms with van der Waals surface area (Å²) in [5.74, 6) is -0.456. The van der Waals surface area contributed by atoms with Crippen LogP contribution in [0.5, 0.6) is 0 Å². The highest BCUT2D eigenvalue weighted by Crippen LogP contribution is 2.22. The van der Waals surface area contributed by atoms with Crippen LogP contribution in [-0.2, 0) is 7.05 Å². The molecule has 0 radical (unpaired) electrons. The molecule has 0 fully saturated rings. The number of aromatic nitrogens is 2. The summed E-state index contributed by atoms with van der Waals surface area (Å²) in [5, 5.41) is 23.8. The van der Waals surface area contributed by atoms with Crippen LogP contribution >= 0.6 is 0 Å². The first kappa shape index (κ1) is 16.0. The molecule has 0 saturated carbocycles. The standard InChI is InChI=1S/C17H14N6O2/c1-23-12(8-18)7-15(22-23)17(24)21-11-2-3-14(19)13(6-11)16(20)10-4-5-25-9-10/h2-7,9,20H,19H2,1H3,(H,21,24). The van der Waals surface area contributed by atoms with E-state index in [4.69, 9.17) is 20.8 Å². The number of nitrogen functional groups attached to an aromatic ring is 1. The number of carbonyl (C=O) groups excluding carboxylic acids is 1. The van der Waals surface area contributed by atoms with Crippen molar-refractivity contribution in [3.8, 4) is 6.07 Å². The Morgan fingerprint density at radius 2 is 2.20 bits per heavy atom. The number of aryl methyl sites for hydroxylation is 1. The van der Waals surface area contributed by atoms with Crippen molar-refractivity contribution in [2.24, 2.45) is 7.05 Å². The van der Waals surface area contributed by atoms with E-state index >= 15 is 0 Å². The van der Waals surface area contributed by atoms with Gasteiger partial charge in [-0.15, -0.1) is 0 Å². The second kappa shape index (κ2) is 6.33. The van der Waals surface area contributed by atoms with E-state index in [2.05, 4.69) is 10.4 Å². The number of hydrogen-bond donors (Lipinski definition) is 3. The number of nitrogens with one attached hydrogen (secondary N) is 2. The molecule has 1 aromatic carbocycles. The topological polar surface area (TPSA) is 134 Å². The first-order valence-corrected chi connectivity index (χ1v) is 7.26. The van der Waals surface area contributed by atoms with Crippen LogP contribution in [0.2, 0.25) is 0 Å². The Kier molecular flexibility index (Phi) is 4.05. The number of benzene rings is 1. The number of amides is 1. The summed E-state index contributed by atoms with van der Waals surface area (Å²) >= 11 is 0. The molecule has 0 aliphatic carbocycles. The molecule has 1 amide bonds. The number of carbonyl (C=O) groups is 1. The number of hydrogen-bond acceptors (Lipinski definition) is 6. The minimum atomic E-state index is -0.456. The predicted molar refractivity (Wildman–Crippen MR) is 91.4 cm³/mol. The lowest BCUT2D eigenvalue weighted by atomic mass is 10.0. The molecule has 124 valence electrons. The van der Waals surface area contributed by atoms with Crippen molar-refractivity contribution in [3.63, 3.8) is 0 Å². The Hall–Kier alpha value is -3.86. The molecule has 2 aromatic heterocycles. The Labute approximate surface area is 143 Å². The van der Waals surface area contributed by atoms with E-state index in [1.807, 2.05) is 6.07 Å². The van der Waals surface area contributed by atoms with Gasteiger partial charge in [0.25, 0.3) is 5.91 Å². The molecule has 8 heteroatoms. The highest BCUT2D eigenvalue weighted by molar-refractivity contribution is 6.14. The normalized spacial score (nSPS) is 10.2. The van der Waals surface area contributed by atoms with Gasteiger partial charge in [0.2, 0.25) is 0 Å². The number of rotatable bonds is 4. The summed E-state index contributed by atoms with van der Waals surface area (Å²) in [6, 6.07) is 9.86. The molecule has 0 unspecified atom stereocenters. The van der Waals surface area contributed by atoms with Crippen molar-refractivity contribution >= 4 is 23.0 Å². The lowest BCUT2D eigenvalue weighted by Gasteiger charge is -2.09. The molecule has 0 spiro atoms. The monoisotopic (exact) mass is 334 g/mol. The van der Waals surface area contributed by atoms with Crippen LogP contribution in [-0.4, -0.2) is 21.4 Å². The van der Waals surface area contributed by atoms with Crippen LogP contribution in [0.15, 0.2) is 47.3 Å². The van der Waals surface area contributed by atoms with Gasteiger partial charge in [0.15, 0.2) is 5.69 Å². The molecule has 0 aliphatic rings. The molecular weight excluding hydrogens is 320 g/mol. The molecule has 3 aromatic rings. The van der Waals surface area contributed by atoms with E-state index in [1.54, 1.807) is 31.3 Å². The van der Waals surface area contributed by atoms with Crippen molar-refractivity contribution in [2.45, 2.75) is 0 Å². The zero-order chi connectivity index (χ0) is 18.0. The zero-order valence-corrected chi connectivity index (χ0v) is 13.3. The Morgan fingerprint density at radius 1 is 1.40 bits per heavy atom. The van der Waals surface area contributed by atoms with Crippen LogP contribution in [0.4, 0.5) is 11.4 Å². The van der Waals surface area contributed by atoms with Crippen LogP contribution in [0.25, 0.3) is 0 Å². The van der Waals surface area contributed by atoms with Crippen LogP contribution in [0.1, 0.15) is 27.3 Å². The van der Waals surface area contributed by atoms with Crippen LogP contribution in [0.3, 0.4) is 0 Å². The first-order valence-electron chi connectivity index (χ1n) is 7.26. The van der Waals surface area contributed by atoms with E-state index in [0.29, 0.717) is 22.5 Å². The Morgan fingerprint density at radius 3 is 2.84 bits per heavy atom.